The summed E-state index contributed by atoms with van der Waals surface area (Å²) < 4.78 is 15.4. The van der Waals surface area contributed by atoms with E-state index in [-0.39, 0.29) is 0 Å². The van der Waals surface area contributed by atoms with Crippen LogP contribution < -0.4 is 5.32 Å². The van der Waals surface area contributed by atoms with Crippen molar-refractivity contribution >= 4 is 0 Å². The van der Waals surface area contributed by atoms with Crippen LogP contribution in [0, 0.1) is 6.92 Å². The summed E-state index contributed by atoms with van der Waals surface area (Å²) in [5.74, 6) is 1.22. The number of hydrogen-bond donors (Lipinski definition) is 1. The second-order valence-corrected chi connectivity index (χ2v) is 3.35. The van der Waals surface area contributed by atoms with Gasteiger partial charge in [0.1, 0.15) is 0 Å². The first-order valence-corrected chi connectivity index (χ1v) is 5.39. The summed E-state index contributed by atoms with van der Waals surface area (Å²) in [7, 11) is 1.66. The maximum atomic E-state index is 5.31. The Labute approximate surface area is 95.3 Å². The fourth-order valence-electron chi connectivity index (χ4n) is 1.15. The number of nitrogens with one attached hydrogen (secondary N) is 1. The topological polar surface area (TPSA) is 69.4 Å². The van der Waals surface area contributed by atoms with Crippen LogP contribution in [0.25, 0.3) is 0 Å². The van der Waals surface area contributed by atoms with E-state index in [0.29, 0.717) is 31.5 Å². The Hall–Kier alpha value is -0.980. The zero-order valence-electron chi connectivity index (χ0n) is 9.86. The summed E-state index contributed by atoms with van der Waals surface area (Å²) >= 11 is 0. The Balaban J connectivity index is 1.88. The van der Waals surface area contributed by atoms with Gasteiger partial charge in [0.2, 0.25) is 11.8 Å². The number of rotatable bonds is 9. The van der Waals surface area contributed by atoms with Crippen LogP contribution in [0.5, 0.6) is 0 Å². The van der Waals surface area contributed by atoms with E-state index in [1.807, 2.05) is 0 Å². The molecule has 6 nitrogen and oxygen atoms in total. The second kappa shape index (κ2) is 8.20. The van der Waals surface area contributed by atoms with Gasteiger partial charge in [-0.2, -0.15) is 0 Å². The maximum Gasteiger partial charge on any atom is 0.230 e. The van der Waals surface area contributed by atoms with E-state index in [0.717, 1.165) is 19.6 Å². The molecule has 0 spiro atoms. The lowest BCUT2D eigenvalue weighted by atomic mass is 10.4. The Morgan fingerprint density at radius 1 is 1.25 bits per heavy atom. The predicted octanol–water partition coefficient (Wildman–Crippen LogP) is 0.521. The van der Waals surface area contributed by atoms with Gasteiger partial charge in [-0.05, 0) is 13.0 Å². The first-order valence-electron chi connectivity index (χ1n) is 5.39. The van der Waals surface area contributed by atoms with Crippen LogP contribution in [-0.2, 0) is 16.0 Å². The molecule has 0 aliphatic heterocycles. The molecular weight excluding hydrogens is 210 g/mol. The highest BCUT2D eigenvalue weighted by Gasteiger charge is 2.00. The molecule has 0 saturated heterocycles. The summed E-state index contributed by atoms with van der Waals surface area (Å²) in [6, 6.07) is 0. The molecular formula is C10H19N3O3. The average Bonchev–Trinajstić information content (AvgIpc) is 2.68. The number of methoxy groups -OCH3 is 1. The molecule has 0 aliphatic rings. The van der Waals surface area contributed by atoms with Crippen LogP contribution >= 0.6 is 0 Å². The molecule has 0 amide bonds. The molecule has 1 N–H and O–H groups in total. The fraction of sp³-hybridized carbons (Fsp3) is 0.800. The molecule has 1 aromatic rings. The first-order chi connectivity index (χ1) is 7.83. The molecule has 0 fully saturated rings. The quantitative estimate of drug-likeness (QED) is 0.623. The van der Waals surface area contributed by atoms with Gasteiger partial charge in [-0.1, -0.05) is 0 Å². The van der Waals surface area contributed by atoms with Gasteiger partial charge >= 0.3 is 0 Å². The monoisotopic (exact) mass is 229 g/mol. The van der Waals surface area contributed by atoms with E-state index < -0.39 is 0 Å². The molecule has 0 saturated carbocycles. The lowest BCUT2D eigenvalue weighted by Gasteiger charge is -2.03. The standard InChI is InChI=1S/C10H19N3O3/c1-9-12-13-10(16-9)8-11-4-3-5-15-7-6-14-2/h11H,3-8H2,1-2H3. The Bertz CT molecular complexity index is 278. The molecule has 0 atom stereocenters. The third-order valence-electron chi connectivity index (χ3n) is 1.92. The van der Waals surface area contributed by atoms with Crippen LogP contribution in [0.4, 0.5) is 0 Å². The summed E-state index contributed by atoms with van der Waals surface area (Å²) in [4.78, 5) is 0. The minimum Gasteiger partial charge on any atom is -0.424 e. The molecule has 1 aromatic heterocycles. The van der Waals surface area contributed by atoms with Crippen molar-refractivity contribution in [2.24, 2.45) is 0 Å². The summed E-state index contributed by atoms with van der Waals surface area (Å²) in [5.41, 5.74) is 0. The molecule has 0 radical (unpaired) electrons. The van der Waals surface area contributed by atoms with Crippen LogP contribution in [0.3, 0.4) is 0 Å². The summed E-state index contributed by atoms with van der Waals surface area (Å²) in [5, 5.41) is 10.8. The van der Waals surface area contributed by atoms with E-state index in [1.54, 1.807) is 14.0 Å². The van der Waals surface area contributed by atoms with Crippen molar-refractivity contribution in [2.75, 3.05) is 33.5 Å². The molecule has 1 heterocycles. The lowest BCUT2D eigenvalue weighted by Crippen LogP contribution is -2.17. The highest BCUT2D eigenvalue weighted by atomic mass is 16.5. The maximum absolute atomic E-state index is 5.31. The van der Waals surface area contributed by atoms with Crippen LogP contribution in [0.15, 0.2) is 4.42 Å². The number of aryl methyl sites for hydroxylation is 1. The molecule has 0 aliphatic carbocycles. The van der Waals surface area contributed by atoms with Gasteiger partial charge in [-0.15, -0.1) is 10.2 Å². The Morgan fingerprint density at radius 3 is 2.81 bits per heavy atom. The van der Waals surface area contributed by atoms with Crippen molar-refractivity contribution in [1.29, 1.82) is 0 Å². The third-order valence-corrected chi connectivity index (χ3v) is 1.92. The number of hydrogen-bond acceptors (Lipinski definition) is 6. The first kappa shape index (κ1) is 13.1. The molecule has 0 bridgehead atoms. The zero-order valence-corrected chi connectivity index (χ0v) is 9.86. The summed E-state index contributed by atoms with van der Waals surface area (Å²) in [6.45, 7) is 5.29. The van der Waals surface area contributed by atoms with Crippen LogP contribution in [-0.4, -0.2) is 43.7 Å². The van der Waals surface area contributed by atoms with E-state index in [1.165, 1.54) is 0 Å². The van der Waals surface area contributed by atoms with E-state index in [2.05, 4.69) is 15.5 Å². The van der Waals surface area contributed by atoms with Crippen molar-refractivity contribution in [2.45, 2.75) is 19.9 Å². The average molecular weight is 229 g/mol. The smallest absolute Gasteiger partial charge is 0.230 e. The minimum atomic E-state index is 0.597. The number of ether oxygens (including phenoxy) is 2. The molecule has 6 heteroatoms. The molecule has 92 valence electrons. The van der Waals surface area contributed by atoms with E-state index >= 15 is 0 Å². The van der Waals surface area contributed by atoms with E-state index in [4.69, 9.17) is 13.9 Å². The molecule has 0 unspecified atom stereocenters. The number of nitrogens with zero attached hydrogens (tertiary/aromatic N) is 2. The van der Waals surface area contributed by atoms with Gasteiger partial charge in [-0.25, -0.2) is 0 Å². The van der Waals surface area contributed by atoms with Gasteiger partial charge in [0.15, 0.2) is 0 Å². The van der Waals surface area contributed by atoms with Gasteiger partial charge in [-0.3, -0.25) is 0 Å². The van der Waals surface area contributed by atoms with Crippen LogP contribution in [0.2, 0.25) is 0 Å². The SMILES string of the molecule is COCCOCCCNCc1nnc(C)o1. The highest BCUT2D eigenvalue weighted by molar-refractivity contribution is 4.77. The van der Waals surface area contributed by atoms with Crippen molar-refractivity contribution in [3.63, 3.8) is 0 Å². The predicted molar refractivity (Wildman–Crippen MR) is 58.1 cm³/mol. The van der Waals surface area contributed by atoms with Gasteiger partial charge in [0, 0.05) is 20.6 Å². The van der Waals surface area contributed by atoms with Crippen molar-refractivity contribution < 1.29 is 13.9 Å². The van der Waals surface area contributed by atoms with Crippen molar-refractivity contribution in [3.8, 4) is 0 Å². The molecule has 1 rings (SSSR count). The fourth-order valence-corrected chi connectivity index (χ4v) is 1.15. The molecule has 16 heavy (non-hydrogen) atoms. The van der Waals surface area contributed by atoms with Crippen LogP contribution in [0.1, 0.15) is 18.2 Å². The van der Waals surface area contributed by atoms with Gasteiger partial charge in [0.05, 0.1) is 19.8 Å². The Morgan fingerprint density at radius 2 is 2.12 bits per heavy atom. The third kappa shape index (κ3) is 5.79. The largest absolute Gasteiger partial charge is 0.424 e. The number of aromatic nitrogens is 2. The van der Waals surface area contributed by atoms with Gasteiger partial charge < -0.3 is 19.2 Å². The Kier molecular flexibility index (Phi) is 6.71. The second-order valence-electron chi connectivity index (χ2n) is 3.35. The molecule has 0 aromatic carbocycles. The zero-order chi connectivity index (χ0) is 11.6. The van der Waals surface area contributed by atoms with Crippen molar-refractivity contribution in [3.05, 3.63) is 11.8 Å². The lowest BCUT2D eigenvalue weighted by molar-refractivity contribution is 0.0694. The minimum absolute atomic E-state index is 0.597. The summed E-state index contributed by atoms with van der Waals surface area (Å²) in [6.07, 6.45) is 0.955. The normalized spacial score (nSPS) is 10.9. The van der Waals surface area contributed by atoms with Gasteiger partial charge in [0.25, 0.3) is 0 Å². The highest BCUT2D eigenvalue weighted by Crippen LogP contribution is 1.96. The van der Waals surface area contributed by atoms with E-state index in [9.17, 15) is 0 Å². The van der Waals surface area contributed by atoms with Crippen molar-refractivity contribution in [1.82, 2.24) is 15.5 Å².